The molecule has 0 spiro atoms. The maximum absolute atomic E-state index is 12.2. The van der Waals surface area contributed by atoms with Gasteiger partial charge in [-0.2, -0.15) is 0 Å². The van der Waals surface area contributed by atoms with Crippen molar-refractivity contribution in [2.45, 2.75) is 52.2 Å². The predicted molar refractivity (Wildman–Crippen MR) is 94.6 cm³/mol. The first kappa shape index (κ1) is 18.0. The number of carbonyl (C=O) groups is 2. The number of carboxylic acids is 1. The fourth-order valence-electron chi connectivity index (χ4n) is 3.23. The zero-order chi connectivity index (χ0) is 19.0. The molecule has 0 saturated carbocycles. The molecule has 138 valence electrons. The molecule has 0 saturated heterocycles. The van der Waals surface area contributed by atoms with Crippen LogP contribution in [0.1, 0.15) is 37.0 Å². The molecule has 3 rings (SSSR count). The fraction of sp³-hybridized carbons (Fsp3) is 0.421. The average molecular weight is 359 g/mol. The van der Waals surface area contributed by atoms with E-state index in [4.69, 9.17) is 14.3 Å². The second-order valence-electron chi connectivity index (χ2n) is 6.66. The fourth-order valence-corrected chi connectivity index (χ4v) is 3.23. The minimum Gasteiger partial charge on any atom is -0.480 e. The Balaban J connectivity index is 1.97. The molecule has 26 heavy (non-hydrogen) atoms. The Labute approximate surface area is 150 Å². The summed E-state index contributed by atoms with van der Waals surface area (Å²) in [6.45, 7) is 4.78. The van der Waals surface area contributed by atoms with E-state index >= 15 is 0 Å². The smallest absolute Gasteiger partial charge is 0.339 e. The quantitative estimate of drug-likeness (QED) is 0.791. The molecule has 1 aliphatic rings. The number of carbonyl (C=O) groups excluding carboxylic acids is 1. The number of nitrogens with one attached hydrogen (secondary N) is 1. The molecule has 0 bridgehead atoms. The summed E-state index contributed by atoms with van der Waals surface area (Å²) in [6.07, 6.45) is 1.41. The topological polar surface area (TPSA) is 106 Å². The van der Waals surface area contributed by atoms with E-state index in [1.165, 1.54) is 6.92 Å². The maximum atomic E-state index is 12.2. The van der Waals surface area contributed by atoms with E-state index in [0.717, 1.165) is 24.0 Å². The van der Waals surface area contributed by atoms with Crippen LogP contribution in [0.25, 0.3) is 11.0 Å². The summed E-state index contributed by atoms with van der Waals surface area (Å²) in [7, 11) is 0. The highest BCUT2D eigenvalue weighted by molar-refractivity contribution is 5.90. The number of aryl methyl sites for hydroxylation is 2. The molecule has 0 radical (unpaired) electrons. The zero-order valence-electron chi connectivity index (χ0n) is 14.9. The molecule has 0 fully saturated rings. The lowest BCUT2D eigenvalue weighted by molar-refractivity contribution is -0.142. The number of hydrogen-bond acceptors (Lipinski definition) is 5. The summed E-state index contributed by atoms with van der Waals surface area (Å²) in [4.78, 5) is 35.2. The van der Waals surface area contributed by atoms with Gasteiger partial charge in [-0.1, -0.05) is 0 Å². The van der Waals surface area contributed by atoms with Crippen LogP contribution in [0.5, 0.6) is 5.75 Å². The Kier molecular flexibility index (Phi) is 4.71. The Morgan fingerprint density at radius 2 is 1.92 bits per heavy atom. The number of ether oxygens (including phenoxy) is 1. The van der Waals surface area contributed by atoms with Gasteiger partial charge < -0.3 is 19.6 Å². The van der Waals surface area contributed by atoms with E-state index in [0.29, 0.717) is 28.7 Å². The van der Waals surface area contributed by atoms with Crippen LogP contribution < -0.4 is 15.7 Å². The number of aliphatic carboxylic acids is 1. The Bertz CT molecular complexity index is 945. The summed E-state index contributed by atoms with van der Waals surface area (Å²) in [5, 5.41) is 12.0. The summed E-state index contributed by atoms with van der Waals surface area (Å²) in [6, 6.07) is 2.56. The summed E-state index contributed by atoms with van der Waals surface area (Å²) < 4.78 is 11.3. The largest absolute Gasteiger partial charge is 0.480 e. The zero-order valence-corrected chi connectivity index (χ0v) is 14.9. The molecule has 7 heteroatoms. The molecule has 1 aliphatic carbocycles. The second kappa shape index (κ2) is 6.82. The third-order valence-electron chi connectivity index (χ3n) is 4.58. The van der Waals surface area contributed by atoms with Crippen LogP contribution in [0.15, 0.2) is 21.3 Å². The van der Waals surface area contributed by atoms with Crippen LogP contribution in [0.4, 0.5) is 0 Å². The minimum absolute atomic E-state index is 0.317. The van der Waals surface area contributed by atoms with E-state index in [2.05, 4.69) is 5.32 Å². The van der Waals surface area contributed by atoms with Crippen molar-refractivity contribution < 1.29 is 23.8 Å². The number of benzene rings is 1. The standard InChI is InChI=1S/C19H21NO6/c1-9-7-14(25-11(3)17(21)20-10(2)18(22)23)16-12-5-4-6-13(12)19(24)26-15(16)8-9/h7-8,10-11H,4-6H2,1-3H3,(H,20,21)(H,22,23). The highest BCUT2D eigenvalue weighted by atomic mass is 16.5. The first-order valence-electron chi connectivity index (χ1n) is 8.57. The molecule has 2 N–H and O–H groups in total. The monoisotopic (exact) mass is 359 g/mol. The van der Waals surface area contributed by atoms with Gasteiger partial charge in [0.15, 0.2) is 6.10 Å². The first-order chi connectivity index (χ1) is 12.3. The molecule has 7 nitrogen and oxygen atoms in total. The average Bonchev–Trinajstić information content (AvgIpc) is 3.04. The minimum atomic E-state index is -1.12. The molecule has 2 aromatic rings. The lowest BCUT2D eigenvalue weighted by atomic mass is 10.0. The van der Waals surface area contributed by atoms with E-state index in [1.54, 1.807) is 19.1 Å². The van der Waals surface area contributed by atoms with Gasteiger partial charge in [0.2, 0.25) is 0 Å². The molecular weight excluding hydrogens is 338 g/mol. The van der Waals surface area contributed by atoms with Crippen molar-refractivity contribution in [2.24, 2.45) is 0 Å². The Hall–Kier alpha value is -2.83. The van der Waals surface area contributed by atoms with E-state index in [1.807, 2.05) is 6.92 Å². The number of rotatable bonds is 5. The Morgan fingerprint density at radius 3 is 2.62 bits per heavy atom. The van der Waals surface area contributed by atoms with Gasteiger partial charge in [-0.15, -0.1) is 0 Å². The van der Waals surface area contributed by atoms with E-state index < -0.39 is 24.0 Å². The van der Waals surface area contributed by atoms with Crippen LogP contribution in [-0.2, 0) is 22.4 Å². The normalized spacial score (nSPS) is 15.3. The van der Waals surface area contributed by atoms with Crippen molar-refractivity contribution in [2.75, 3.05) is 0 Å². The molecule has 1 heterocycles. The molecule has 2 unspecified atom stereocenters. The summed E-state index contributed by atoms with van der Waals surface area (Å²) in [5.74, 6) is -1.18. The third-order valence-corrected chi connectivity index (χ3v) is 4.58. The summed E-state index contributed by atoms with van der Waals surface area (Å²) >= 11 is 0. The van der Waals surface area contributed by atoms with Crippen molar-refractivity contribution >= 4 is 22.8 Å². The Morgan fingerprint density at radius 1 is 1.23 bits per heavy atom. The molecular formula is C19H21NO6. The van der Waals surface area contributed by atoms with Gasteiger partial charge in [-0.3, -0.25) is 9.59 Å². The number of fused-ring (bicyclic) bond motifs is 3. The van der Waals surface area contributed by atoms with Crippen molar-refractivity contribution in [3.8, 4) is 5.75 Å². The van der Waals surface area contributed by atoms with Crippen molar-refractivity contribution in [3.63, 3.8) is 0 Å². The predicted octanol–water partition coefficient (Wildman–Crippen LogP) is 1.95. The maximum Gasteiger partial charge on any atom is 0.339 e. The second-order valence-corrected chi connectivity index (χ2v) is 6.66. The highest BCUT2D eigenvalue weighted by Crippen LogP contribution is 2.35. The van der Waals surface area contributed by atoms with Gasteiger partial charge in [0, 0.05) is 5.56 Å². The first-order valence-corrected chi connectivity index (χ1v) is 8.57. The molecule has 2 atom stereocenters. The van der Waals surface area contributed by atoms with Crippen molar-refractivity contribution in [1.82, 2.24) is 5.32 Å². The molecule has 1 aromatic carbocycles. The van der Waals surface area contributed by atoms with Gasteiger partial charge in [-0.25, -0.2) is 4.79 Å². The van der Waals surface area contributed by atoms with Crippen LogP contribution in [-0.4, -0.2) is 29.1 Å². The van der Waals surface area contributed by atoms with Crippen molar-refractivity contribution in [3.05, 3.63) is 39.2 Å². The third kappa shape index (κ3) is 3.29. The van der Waals surface area contributed by atoms with Crippen LogP contribution in [0, 0.1) is 6.92 Å². The van der Waals surface area contributed by atoms with Gasteiger partial charge >= 0.3 is 11.6 Å². The van der Waals surface area contributed by atoms with Crippen LogP contribution >= 0.6 is 0 Å². The lowest BCUT2D eigenvalue weighted by Crippen LogP contribution is -2.44. The molecule has 1 aromatic heterocycles. The van der Waals surface area contributed by atoms with Gasteiger partial charge in [0.1, 0.15) is 17.4 Å². The van der Waals surface area contributed by atoms with Gasteiger partial charge in [-0.05, 0) is 63.3 Å². The number of carboxylic acid groups (broad SMARTS) is 1. The SMILES string of the molecule is Cc1cc(OC(C)C(=O)NC(C)C(=O)O)c2c3c(c(=O)oc2c1)CCC3. The van der Waals surface area contributed by atoms with Crippen LogP contribution in [0.3, 0.4) is 0 Å². The summed E-state index contributed by atoms with van der Waals surface area (Å²) in [5.41, 5.74) is 2.54. The number of hydrogen-bond donors (Lipinski definition) is 2. The van der Waals surface area contributed by atoms with E-state index in [9.17, 15) is 14.4 Å². The van der Waals surface area contributed by atoms with Gasteiger partial charge in [0.25, 0.3) is 5.91 Å². The van der Waals surface area contributed by atoms with E-state index in [-0.39, 0.29) is 5.63 Å². The van der Waals surface area contributed by atoms with Gasteiger partial charge in [0.05, 0.1) is 5.39 Å². The van der Waals surface area contributed by atoms with Crippen molar-refractivity contribution in [1.29, 1.82) is 0 Å². The molecule has 0 aliphatic heterocycles. The lowest BCUT2D eigenvalue weighted by Gasteiger charge is -2.19. The molecule has 1 amide bonds. The highest BCUT2D eigenvalue weighted by Gasteiger charge is 2.25. The number of amides is 1. The van der Waals surface area contributed by atoms with Crippen LogP contribution in [0.2, 0.25) is 0 Å².